The van der Waals surface area contributed by atoms with Crippen LogP contribution in [0.15, 0.2) is 24.6 Å². The van der Waals surface area contributed by atoms with Crippen molar-refractivity contribution in [3.8, 4) is 0 Å². The summed E-state index contributed by atoms with van der Waals surface area (Å²) in [6.45, 7) is 8.53. The number of aliphatic hydroxyl groups excluding tert-OH is 3. The highest BCUT2D eigenvalue weighted by atomic mass is 16.3. The molecule has 0 aromatic heterocycles. The number of rotatable bonds is 1. The van der Waals surface area contributed by atoms with Gasteiger partial charge >= 0.3 is 0 Å². The Morgan fingerprint density at radius 2 is 1.92 bits per heavy atom. The number of hydrogen-bond acceptors (Lipinski definition) is 4. The molecule has 1 saturated heterocycles. The van der Waals surface area contributed by atoms with Crippen molar-refractivity contribution in [2.75, 3.05) is 13.1 Å². The summed E-state index contributed by atoms with van der Waals surface area (Å²) in [6, 6.07) is 0. The predicted octanol–water partition coefficient (Wildman–Crippen LogP) is 3.22. The molecule has 6 rings (SSSR count). The summed E-state index contributed by atoms with van der Waals surface area (Å²) in [5.41, 5.74) is 0.900. The molecule has 4 nitrogen and oxygen atoms in total. The minimum absolute atomic E-state index is 0.143. The molecule has 5 aliphatic carbocycles. The first-order valence-electron chi connectivity index (χ1n) is 10.5. The Morgan fingerprint density at radius 1 is 1.12 bits per heavy atom. The van der Waals surface area contributed by atoms with Crippen molar-refractivity contribution in [2.24, 2.45) is 34.0 Å². The summed E-state index contributed by atoms with van der Waals surface area (Å²) in [5, 5.41) is 32.0. The summed E-state index contributed by atoms with van der Waals surface area (Å²) in [7, 11) is 0. The Balaban J connectivity index is 1.65. The molecule has 0 unspecified atom stereocenters. The average Bonchev–Trinajstić information content (AvgIpc) is 2.60. The maximum Gasteiger partial charge on any atom is 0.0950 e. The minimum Gasteiger partial charge on any atom is -0.514 e. The Labute approximate surface area is 156 Å². The third-order valence-electron chi connectivity index (χ3n) is 9.52. The SMILES string of the molecule is C=C1[C@H]2CC[C@@]3([C@H](O)C[C@@H]4[C@@]5(C)CCC[C@@]4(CN(/C=C\O)C5)[C@@H]3C2)[C@H]1O. The van der Waals surface area contributed by atoms with E-state index >= 15 is 0 Å². The van der Waals surface area contributed by atoms with E-state index in [1.165, 1.54) is 25.5 Å². The van der Waals surface area contributed by atoms with E-state index in [0.717, 1.165) is 44.3 Å². The number of aliphatic hydroxyl groups is 3. The largest absolute Gasteiger partial charge is 0.514 e. The van der Waals surface area contributed by atoms with E-state index < -0.39 is 17.6 Å². The molecular formula is C22H33NO3. The molecule has 3 N–H and O–H groups in total. The molecule has 6 aliphatic rings. The van der Waals surface area contributed by atoms with Gasteiger partial charge in [0.05, 0.1) is 18.5 Å². The second-order valence-corrected chi connectivity index (χ2v) is 10.4. The van der Waals surface area contributed by atoms with Gasteiger partial charge in [0.2, 0.25) is 0 Å². The second-order valence-electron chi connectivity index (χ2n) is 10.4. The van der Waals surface area contributed by atoms with Crippen molar-refractivity contribution in [3.63, 3.8) is 0 Å². The van der Waals surface area contributed by atoms with E-state index in [2.05, 4.69) is 18.4 Å². The molecule has 6 fully saturated rings. The van der Waals surface area contributed by atoms with Crippen LogP contribution in [-0.2, 0) is 0 Å². The van der Waals surface area contributed by atoms with Gasteiger partial charge in [0.15, 0.2) is 0 Å². The van der Waals surface area contributed by atoms with Crippen LogP contribution in [0.25, 0.3) is 0 Å². The molecule has 0 radical (unpaired) electrons. The van der Waals surface area contributed by atoms with Gasteiger partial charge in [0, 0.05) is 24.7 Å². The molecular weight excluding hydrogens is 326 g/mol. The third kappa shape index (κ3) is 1.83. The van der Waals surface area contributed by atoms with Crippen molar-refractivity contribution in [1.82, 2.24) is 4.90 Å². The first kappa shape index (κ1) is 17.1. The van der Waals surface area contributed by atoms with Crippen LogP contribution < -0.4 is 0 Å². The second kappa shape index (κ2) is 5.29. The van der Waals surface area contributed by atoms with E-state index in [1.54, 1.807) is 0 Å². The number of nitrogens with zero attached hydrogens (tertiary/aromatic N) is 1. The van der Waals surface area contributed by atoms with Gasteiger partial charge in [-0.25, -0.2) is 0 Å². The highest BCUT2D eigenvalue weighted by Gasteiger charge is 2.72. The Kier molecular flexibility index (Phi) is 3.48. The molecule has 144 valence electrons. The molecule has 0 amide bonds. The average molecular weight is 360 g/mol. The molecule has 0 aromatic rings. The maximum atomic E-state index is 11.4. The molecule has 4 heteroatoms. The number of piperidine rings is 1. The third-order valence-corrected chi connectivity index (χ3v) is 9.52. The van der Waals surface area contributed by atoms with E-state index in [0.29, 0.717) is 17.8 Å². The smallest absolute Gasteiger partial charge is 0.0950 e. The summed E-state index contributed by atoms with van der Waals surface area (Å²) in [4.78, 5) is 2.31. The molecule has 1 spiro atoms. The Hall–Kier alpha value is -1.00. The van der Waals surface area contributed by atoms with Crippen LogP contribution in [0.2, 0.25) is 0 Å². The number of likely N-dealkylation sites (tertiary alicyclic amines) is 1. The molecule has 1 heterocycles. The fraction of sp³-hybridized carbons (Fsp3) is 0.818. The fourth-order valence-corrected chi connectivity index (χ4v) is 8.63. The molecule has 5 saturated carbocycles. The van der Waals surface area contributed by atoms with Gasteiger partial charge in [-0.15, -0.1) is 0 Å². The lowest BCUT2D eigenvalue weighted by Gasteiger charge is -2.73. The molecule has 1 aliphatic heterocycles. The fourth-order valence-electron chi connectivity index (χ4n) is 8.63. The van der Waals surface area contributed by atoms with Gasteiger partial charge < -0.3 is 20.2 Å². The van der Waals surface area contributed by atoms with Crippen LogP contribution in [0, 0.1) is 34.0 Å². The summed E-state index contributed by atoms with van der Waals surface area (Å²) in [5.74, 6) is 1.28. The highest BCUT2D eigenvalue weighted by molar-refractivity contribution is 5.29. The molecule has 4 bridgehead atoms. The van der Waals surface area contributed by atoms with Crippen molar-refractivity contribution >= 4 is 0 Å². The van der Waals surface area contributed by atoms with Crippen molar-refractivity contribution < 1.29 is 15.3 Å². The Bertz CT molecular complexity index is 662. The highest BCUT2D eigenvalue weighted by Crippen LogP contribution is 2.73. The monoisotopic (exact) mass is 359 g/mol. The molecule has 26 heavy (non-hydrogen) atoms. The zero-order valence-corrected chi connectivity index (χ0v) is 15.9. The summed E-state index contributed by atoms with van der Waals surface area (Å²) < 4.78 is 0. The topological polar surface area (TPSA) is 63.9 Å². The Morgan fingerprint density at radius 3 is 2.69 bits per heavy atom. The van der Waals surface area contributed by atoms with Gasteiger partial charge in [-0.05, 0) is 72.7 Å². The van der Waals surface area contributed by atoms with Crippen LogP contribution >= 0.6 is 0 Å². The minimum atomic E-state index is -0.553. The van der Waals surface area contributed by atoms with E-state index in [9.17, 15) is 15.3 Å². The lowest BCUT2D eigenvalue weighted by molar-refractivity contribution is -0.272. The quantitative estimate of drug-likeness (QED) is 0.497. The van der Waals surface area contributed by atoms with Crippen LogP contribution in [0.4, 0.5) is 0 Å². The van der Waals surface area contributed by atoms with Gasteiger partial charge in [0.1, 0.15) is 0 Å². The first-order valence-corrected chi connectivity index (χ1v) is 10.5. The standard InChI is InChI=1S/C22H33NO3/c1-14-15-4-7-22(19(14)26)17(10-15)21-6-3-5-20(2,16(21)11-18(22)25)12-23(13-21)8-9-24/h8-9,15-19,24-26H,1,3-7,10-13H2,2H3/b9-8-/t15-,16+,17-,18+,19-,20-,21-,22+/m0/s1. The van der Waals surface area contributed by atoms with Gasteiger partial charge in [0.25, 0.3) is 0 Å². The number of fused-ring (bicyclic) bond motifs is 2. The van der Waals surface area contributed by atoms with Gasteiger partial charge in [-0.1, -0.05) is 19.9 Å². The lowest BCUT2D eigenvalue weighted by atomic mass is 9.34. The maximum absolute atomic E-state index is 11.4. The summed E-state index contributed by atoms with van der Waals surface area (Å²) >= 11 is 0. The normalized spacial score (nSPS) is 55.7. The molecule has 0 aromatic carbocycles. The van der Waals surface area contributed by atoms with Crippen LogP contribution in [-0.4, -0.2) is 45.5 Å². The summed E-state index contributed by atoms with van der Waals surface area (Å²) in [6.07, 6.45) is 9.57. The van der Waals surface area contributed by atoms with E-state index in [4.69, 9.17) is 0 Å². The van der Waals surface area contributed by atoms with Gasteiger partial charge in [-0.3, -0.25) is 0 Å². The van der Waals surface area contributed by atoms with Crippen molar-refractivity contribution in [2.45, 2.75) is 64.1 Å². The van der Waals surface area contributed by atoms with Crippen LogP contribution in [0.5, 0.6) is 0 Å². The van der Waals surface area contributed by atoms with Crippen molar-refractivity contribution in [3.05, 3.63) is 24.6 Å². The predicted molar refractivity (Wildman–Crippen MR) is 100 cm³/mol. The van der Waals surface area contributed by atoms with Crippen LogP contribution in [0.1, 0.15) is 51.9 Å². The number of hydrogen-bond donors (Lipinski definition) is 3. The van der Waals surface area contributed by atoms with Crippen molar-refractivity contribution in [1.29, 1.82) is 0 Å². The van der Waals surface area contributed by atoms with Crippen LogP contribution in [0.3, 0.4) is 0 Å². The van der Waals surface area contributed by atoms with E-state index in [1.807, 2.05) is 6.20 Å². The van der Waals surface area contributed by atoms with E-state index in [-0.39, 0.29) is 10.8 Å². The lowest BCUT2D eigenvalue weighted by Crippen LogP contribution is -2.73. The first-order chi connectivity index (χ1) is 12.4. The zero-order chi connectivity index (χ0) is 18.3. The zero-order valence-electron chi connectivity index (χ0n) is 15.9. The van der Waals surface area contributed by atoms with Gasteiger partial charge in [-0.2, -0.15) is 0 Å². The molecule has 8 atom stereocenters.